The van der Waals surface area contributed by atoms with Gasteiger partial charge in [-0.1, -0.05) is 11.6 Å². The highest BCUT2D eigenvalue weighted by molar-refractivity contribution is 7.17. The first-order chi connectivity index (χ1) is 14.3. The first-order valence-corrected chi connectivity index (χ1v) is 10.6. The van der Waals surface area contributed by atoms with E-state index in [4.69, 9.17) is 16.3 Å². The number of halogens is 1. The third-order valence-electron chi connectivity index (χ3n) is 4.90. The van der Waals surface area contributed by atoms with Crippen molar-refractivity contribution in [3.8, 4) is 16.3 Å². The predicted molar refractivity (Wildman–Crippen MR) is 119 cm³/mol. The molecule has 6 nitrogen and oxygen atoms in total. The van der Waals surface area contributed by atoms with Crippen molar-refractivity contribution in [3.63, 3.8) is 0 Å². The molecule has 2 aromatic heterocycles. The molecule has 3 heterocycles. The van der Waals surface area contributed by atoms with Crippen molar-refractivity contribution in [2.75, 3.05) is 32.6 Å². The lowest BCUT2D eigenvalue weighted by atomic mass is 10.1. The molecule has 0 atom stereocenters. The van der Waals surface area contributed by atoms with Gasteiger partial charge >= 0.3 is 0 Å². The second kappa shape index (κ2) is 8.08. The molecule has 3 aromatic rings. The Bertz CT molecular complexity index is 1130. The van der Waals surface area contributed by atoms with E-state index in [1.54, 1.807) is 56.4 Å². The Morgan fingerprint density at radius 1 is 1.07 bits per heavy atom. The SMILES string of the molecule is CN(C)C(=O)c1ccc(N(C)C(=O)c2cc3c(s2)-c2nc(Cl)ccc2OCC3)cc1. The molecule has 0 aliphatic carbocycles. The molecule has 8 heteroatoms. The molecule has 4 rings (SSSR count). The number of rotatable bonds is 3. The van der Waals surface area contributed by atoms with Gasteiger partial charge in [-0.25, -0.2) is 4.98 Å². The molecule has 0 unspecified atom stereocenters. The van der Waals surface area contributed by atoms with Gasteiger partial charge in [0.05, 0.1) is 16.4 Å². The van der Waals surface area contributed by atoms with Crippen LogP contribution in [-0.2, 0) is 6.42 Å². The van der Waals surface area contributed by atoms with Crippen molar-refractivity contribution in [1.29, 1.82) is 0 Å². The van der Waals surface area contributed by atoms with Crippen LogP contribution in [0.4, 0.5) is 5.69 Å². The summed E-state index contributed by atoms with van der Waals surface area (Å²) < 4.78 is 5.77. The van der Waals surface area contributed by atoms with Crippen LogP contribution < -0.4 is 9.64 Å². The average molecular weight is 442 g/mol. The average Bonchev–Trinajstić information content (AvgIpc) is 3.10. The fraction of sp³-hybridized carbons (Fsp3) is 0.227. The molecule has 0 fully saturated rings. The summed E-state index contributed by atoms with van der Waals surface area (Å²) in [5.41, 5.74) is 2.99. The van der Waals surface area contributed by atoms with Gasteiger partial charge in [-0.2, -0.15) is 0 Å². The number of carbonyl (C=O) groups is 2. The zero-order valence-electron chi connectivity index (χ0n) is 16.8. The van der Waals surface area contributed by atoms with Gasteiger partial charge in [0.2, 0.25) is 0 Å². The van der Waals surface area contributed by atoms with Crippen LogP contribution in [0, 0.1) is 0 Å². The Balaban J connectivity index is 1.62. The molecular weight excluding hydrogens is 422 g/mol. The summed E-state index contributed by atoms with van der Waals surface area (Å²) in [6.07, 6.45) is 0.693. The minimum absolute atomic E-state index is 0.0791. The van der Waals surface area contributed by atoms with E-state index >= 15 is 0 Å². The van der Waals surface area contributed by atoms with E-state index < -0.39 is 0 Å². The smallest absolute Gasteiger partial charge is 0.268 e. The van der Waals surface area contributed by atoms with Gasteiger partial charge in [0.25, 0.3) is 11.8 Å². The quantitative estimate of drug-likeness (QED) is 0.566. The summed E-state index contributed by atoms with van der Waals surface area (Å²) >= 11 is 7.48. The number of fused-ring (bicyclic) bond motifs is 3. The van der Waals surface area contributed by atoms with Crippen molar-refractivity contribution >= 4 is 40.4 Å². The number of ether oxygens (including phenoxy) is 1. The third kappa shape index (κ3) is 3.78. The zero-order chi connectivity index (χ0) is 21.4. The van der Waals surface area contributed by atoms with Crippen molar-refractivity contribution in [1.82, 2.24) is 9.88 Å². The number of pyridine rings is 1. The summed E-state index contributed by atoms with van der Waals surface area (Å²) in [5, 5.41) is 0.385. The number of hydrogen-bond acceptors (Lipinski definition) is 5. The Hall–Kier alpha value is -2.90. The first kappa shape index (κ1) is 20.4. The molecule has 154 valence electrons. The molecule has 1 aromatic carbocycles. The molecule has 0 saturated heterocycles. The fourth-order valence-electron chi connectivity index (χ4n) is 3.26. The standard InChI is InChI=1S/C22H20ClN3O3S/c1-25(2)21(27)13-4-6-15(7-5-13)26(3)22(28)17-12-14-10-11-29-16-8-9-18(23)24-19(16)20(14)30-17/h4-9,12H,10-11H2,1-3H3. The maximum absolute atomic E-state index is 13.1. The van der Waals surface area contributed by atoms with E-state index in [9.17, 15) is 9.59 Å². The second-order valence-corrected chi connectivity index (χ2v) is 8.59. The van der Waals surface area contributed by atoms with Crippen LogP contribution in [0.3, 0.4) is 0 Å². The highest BCUT2D eigenvalue weighted by atomic mass is 35.5. The molecule has 1 aliphatic rings. The first-order valence-electron chi connectivity index (χ1n) is 9.37. The molecular formula is C22H20ClN3O3S. The summed E-state index contributed by atoms with van der Waals surface area (Å²) in [6.45, 7) is 0.519. The van der Waals surface area contributed by atoms with E-state index in [0.717, 1.165) is 10.4 Å². The minimum Gasteiger partial charge on any atom is -0.491 e. The van der Waals surface area contributed by atoms with Crippen LogP contribution in [0.1, 0.15) is 25.6 Å². The van der Waals surface area contributed by atoms with Crippen molar-refractivity contribution in [2.45, 2.75) is 6.42 Å². The Kier molecular flexibility index (Phi) is 5.49. The van der Waals surface area contributed by atoms with E-state index in [1.165, 1.54) is 16.2 Å². The lowest BCUT2D eigenvalue weighted by Gasteiger charge is -2.17. The van der Waals surface area contributed by atoms with Gasteiger partial charge in [-0.05, 0) is 48.0 Å². The molecule has 0 saturated carbocycles. The Morgan fingerprint density at radius 3 is 2.50 bits per heavy atom. The monoisotopic (exact) mass is 441 g/mol. The molecule has 0 bridgehead atoms. The van der Waals surface area contributed by atoms with Crippen LogP contribution in [0.5, 0.6) is 5.75 Å². The van der Waals surface area contributed by atoms with Crippen LogP contribution in [0.25, 0.3) is 10.6 Å². The molecule has 30 heavy (non-hydrogen) atoms. The van der Waals surface area contributed by atoms with Crippen molar-refractivity contribution < 1.29 is 14.3 Å². The van der Waals surface area contributed by atoms with Crippen molar-refractivity contribution in [3.05, 3.63) is 63.6 Å². The number of nitrogens with zero attached hydrogens (tertiary/aromatic N) is 3. The molecule has 0 N–H and O–H groups in total. The Morgan fingerprint density at radius 2 is 1.80 bits per heavy atom. The van der Waals surface area contributed by atoms with Crippen LogP contribution in [0.15, 0.2) is 42.5 Å². The third-order valence-corrected chi connectivity index (χ3v) is 6.28. The van der Waals surface area contributed by atoms with E-state index in [1.807, 2.05) is 12.1 Å². The maximum Gasteiger partial charge on any atom is 0.268 e. The molecule has 0 radical (unpaired) electrons. The lowest BCUT2D eigenvalue weighted by molar-refractivity contribution is 0.0827. The van der Waals surface area contributed by atoms with Gasteiger partial charge in [0.1, 0.15) is 16.6 Å². The number of anilines is 1. The number of aromatic nitrogens is 1. The van der Waals surface area contributed by atoms with Gasteiger partial charge in [0.15, 0.2) is 0 Å². The molecule has 1 aliphatic heterocycles. The number of amides is 2. The number of carbonyl (C=O) groups excluding carboxylic acids is 2. The number of thiophene rings is 1. The Labute approximate surface area is 183 Å². The lowest BCUT2D eigenvalue weighted by Crippen LogP contribution is -2.26. The number of hydrogen-bond donors (Lipinski definition) is 0. The normalized spacial score (nSPS) is 12.3. The summed E-state index contributed by atoms with van der Waals surface area (Å²) in [4.78, 5) is 34.3. The highest BCUT2D eigenvalue weighted by Crippen LogP contribution is 2.40. The van der Waals surface area contributed by atoms with Gasteiger partial charge in [-0.3, -0.25) is 9.59 Å². The summed E-state index contributed by atoms with van der Waals surface area (Å²) in [7, 11) is 5.14. The predicted octanol–water partition coefficient (Wildman–Crippen LogP) is 4.38. The van der Waals surface area contributed by atoms with Gasteiger partial charge in [-0.15, -0.1) is 11.3 Å². The van der Waals surface area contributed by atoms with Crippen LogP contribution in [0.2, 0.25) is 5.15 Å². The van der Waals surface area contributed by atoms with Crippen molar-refractivity contribution in [2.24, 2.45) is 0 Å². The van der Waals surface area contributed by atoms with E-state index in [-0.39, 0.29) is 11.8 Å². The molecule has 2 amide bonds. The van der Waals surface area contributed by atoms with Gasteiger partial charge < -0.3 is 14.5 Å². The summed E-state index contributed by atoms with van der Waals surface area (Å²) in [6, 6.07) is 12.4. The fourth-order valence-corrected chi connectivity index (χ4v) is 4.59. The van der Waals surface area contributed by atoms with E-state index in [0.29, 0.717) is 45.8 Å². The van der Waals surface area contributed by atoms with E-state index in [2.05, 4.69) is 4.98 Å². The number of benzene rings is 1. The summed E-state index contributed by atoms with van der Waals surface area (Å²) in [5.74, 6) is 0.474. The van der Waals surface area contributed by atoms with Crippen LogP contribution >= 0.6 is 22.9 Å². The largest absolute Gasteiger partial charge is 0.491 e. The zero-order valence-corrected chi connectivity index (χ0v) is 18.4. The van der Waals surface area contributed by atoms with Crippen LogP contribution in [-0.4, -0.2) is 49.4 Å². The highest BCUT2D eigenvalue weighted by Gasteiger charge is 2.24. The van der Waals surface area contributed by atoms with Gasteiger partial charge in [0, 0.05) is 38.8 Å². The maximum atomic E-state index is 13.1. The second-order valence-electron chi connectivity index (χ2n) is 7.15. The minimum atomic E-state index is -0.121. The topological polar surface area (TPSA) is 62.7 Å². The molecule has 0 spiro atoms.